The zero-order chi connectivity index (χ0) is 18.6. The lowest BCUT2D eigenvalue weighted by atomic mass is 10.1. The number of aryl methyl sites for hydroxylation is 1. The Balaban J connectivity index is 1.43. The van der Waals surface area contributed by atoms with E-state index >= 15 is 0 Å². The van der Waals surface area contributed by atoms with E-state index in [9.17, 15) is 0 Å². The molecule has 2 aromatic carbocycles. The summed E-state index contributed by atoms with van der Waals surface area (Å²) >= 11 is 1.35. The number of nitrogens with zero attached hydrogens (tertiary/aromatic N) is 4. The van der Waals surface area contributed by atoms with Crippen molar-refractivity contribution in [3.05, 3.63) is 60.0 Å². The fourth-order valence-electron chi connectivity index (χ4n) is 2.47. The van der Waals surface area contributed by atoms with Crippen LogP contribution in [-0.4, -0.2) is 27.5 Å². The molecule has 0 aliphatic heterocycles. The van der Waals surface area contributed by atoms with Gasteiger partial charge >= 0.3 is 0 Å². The van der Waals surface area contributed by atoms with E-state index in [1.54, 1.807) is 7.11 Å². The summed E-state index contributed by atoms with van der Waals surface area (Å²) in [6, 6.07) is 15.4. The Morgan fingerprint density at radius 1 is 0.889 bits per heavy atom. The van der Waals surface area contributed by atoms with Gasteiger partial charge in [-0.05, 0) is 37.3 Å². The number of thioether (sulfide) groups is 1. The van der Waals surface area contributed by atoms with Gasteiger partial charge in [0, 0.05) is 11.1 Å². The molecular weight excluding hydrogens is 364 g/mol. The van der Waals surface area contributed by atoms with Crippen molar-refractivity contribution in [1.82, 2.24) is 20.4 Å². The van der Waals surface area contributed by atoms with Crippen LogP contribution in [0.2, 0.25) is 0 Å². The van der Waals surface area contributed by atoms with Crippen molar-refractivity contribution in [2.45, 2.75) is 17.9 Å². The highest BCUT2D eigenvalue weighted by Crippen LogP contribution is 2.27. The van der Waals surface area contributed by atoms with E-state index in [-0.39, 0.29) is 0 Å². The average Bonchev–Trinajstić information content (AvgIpc) is 3.36. The van der Waals surface area contributed by atoms with E-state index in [4.69, 9.17) is 13.6 Å². The maximum atomic E-state index is 5.71. The van der Waals surface area contributed by atoms with Gasteiger partial charge in [-0.1, -0.05) is 35.5 Å². The molecule has 4 rings (SSSR count). The van der Waals surface area contributed by atoms with Gasteiger partial charge in [-0.25, -0.2) is 0 Å². The molecule has 0 aliphatic carbocycles. The maximum absolute atomic E-state index is 5.71. The van der Waals surface area contributed by atoms with Crippen molar-refractivity contribution in [3.8, 4) is 28.7 Å². The quantitative estimate of drug-likeness (QED) is 0.455. The summed E-state index contributed by atoms with van der Waals surface area (Å²) in [5.74, 6) is 2.58. The number of benzene rings is 2. The lowest BCUT2D eigenvalue weighted by Gasteiger charge is -2.00. The molecule has 0 saturated heterocycles. The molecule has 0 radical (unpaired) electrons. The molecule has 0 aliphatic rings. The second-order valence-electron chi connectivity index (χ2n) is 5.76. The van der Waals surface area contributed by atoms with Gasteiger partial charge in [0.1, 0.15) is 5.75 Å². The van der Waals surface area contributed by atoms with Crippen LogP contribution in [0.5, 0.6) is 5.75 Å². The second kappa shape index (κ2) is 7.63. The Labute approximate surface area is 159 Å². The van der Waals surface area contributed by atoms with Gasteiger partial charge in [-0.2, -0.15) is 0 Å². The summed E-state index contributed by atoms with van der Waals surface area (Å²) in [6.07, 6.45) is 0. The van der Waals surface area contributed by atoms with Crippen LogP contribution in [0, 0.1) is 6.92 Å². The van der Waals surface area contributed by atoms with Crippen LogP contribution in [0.3, 0.4) is 0 Å². The molecule has 0 amide bonds. The number of rotatable bonds is 6. The minimum absolute atomic E-state index is 0.437. The van der Waals surface area contributed by atoms with Gasteiger partial charge in [0.2, 0.25) is 17.7 Å². The van der Waals surface area contributed by atoms with E-state index in [1.807, 2.05) is 55.5 Å². The summed E-state index contributed by atoms with van der Waals surface area (Å²) in [4.78, 5) is 0. The largest absolute Gasteiger partial charge is 0.497 e. The summed E-state index contributed by atoms with van der Waals surface area (Å²) in [7, 11) is 1.62. The smallest absolute Gasteiger partial charge is 0.277 e. The molecule has 0 fully saturated rings. The van der Waals surface area contributed by atoms with E-state index in [2.05, 4.69) is 20.4 Å². The highest BCUT2D eigenvalue weighted by atomic mass is 32.2. The highest BCUT2D eigenvalue weighted by Gasteiger charge is 2.13. The van der Waals surface area contributed by atoms with Crippen LogP contribution in [0.4, 0.5) is 0 Å². The zero-order valence-electron chi connectivity index (χ0n) is 14.7. The lowest BCUT2D eigenvalue weighted by Crippen LogP contribution is -1.83. The molecular formula is C19H16N4O3S. The van der Waals surface area contributed by atoms with Gasteiger partial charge in [-0.3, -0.25) is 0 Å². The molecule has 0 unspecified atom stereocenters. The van der Waals surface area contributed by atoms with Crippen LogP contribution >= 0.6 is 11.8 Å². The topological polar surface area (TPSA) is 87.1 Å². The maximum Gasteiger partial charge on any atom is 0.277 e. The Bertz CT molecular complexity index is 1060. The van der Waals surface area contributed by atoms with Crippen molar-refractivity contribution in [3.63, 3.8) is 0 Å². The Morgan fingerprint density at radius 2 is 1.63 bits per heavy atom. The predicted octanol–water partition coefficient (Wildman–Crippen LogP) is 4.40. The molecule has 0 N–H and O–H groups in total. The molecule has 0 atom stereocenters. The molecule has 0 bridgehead atoms. The number of methoxy groups -OCH3 is 1. The molecule has 2 aromatic heterocycles. The molecule has 4 aromatic rings. The predicted molar refractivity (Wildman–Crippen MR) is 100 cm³/mol. The van der Waals surface area contributed by atoms with Gasteiger partial charge in [0.15, 0.2) is 0 Å². The van der Waals surface area contributed by atoms with Crippen LogP contribution in [0.1, 0.15) is 11.5 Å². The van der Waals surface area contributed by atoms with Gasteiger partial charge in [0.05, 0.1) is 12.9 Å². The van der Waals surface area contributed by atoms with Crippen molar-refractivity contribution in [2.75, 3.05) is 7.11 Å². The number of hydrogen-bond acceptors (Lipinski definition) is 8. The van der Waals surface area contributed by atoms with E-state index in [1.165, 1.54) is 11.8 Å². The van der Waals surface area contributed by atoms with Gasteiger partial charge in [-0.15, -0.1) is 20.4 Å². The van der Waals surface area contributed by atoms with Crippen LogP contribution in [-0.2, 0) is 5.75 Å². The van der Waals surface area contributed by atoms with Crippen molar-refractivity contribution >= 4 is 11.8 Å². The highest BCUT2D eigenvalue weighted by molar-refractivity contribution is 7.98. The summed E-state index contributed by atoms with van der Waals surface area (Å²) in [5.41, 5.74) is 2.83. The summed E-state index contributed by atoms with van der Waals surface area (Å²) in [6.45, 7) is 2.02. The van der Waals surface area contributed by atoms with Crippen LogP contribution in [0.25, 0.3) is 22.9 Å². The second-order valence-corrected chi connectivity index (χ2v) is 6.69. The first-order valence-electron chi connectivity index (χ1n) is 8.21. The molecule has 8 heteroatoms. The minimum Gasteiger partial charge on any atom is -0.497 e. The van der Waals surface area contributed by atoms with Crippen LogP contribution < -0.4 is 4.74 Å². The number of ether oxygens (including phenoxy) is 1. The van der Waals surface area contributed by atoms with E-state index in [0.29, 0.717) is 28.6 Å². The first-order valence-corrected chi connectivity index (χ1v) is 9.20. The SMILES string of the molecule is COc1cccc(-c2nnc(CSc3nnc(-c4cccc(C)c4)o3)o2)c1. The third-order valence-corrected chi connectivity index (χ3v) is 4.58. The standard InChI is InChI=1S/C19H16N4O3S/c1-12-5-3-6-13(9-12)18-22-23-19(26-18)27-11-16-20-21-17(25-16)14-7-4-8-15(10-14)24-2/h3-10H,11H2,1-2H3. The number of hydrogen-bond donors (Lipinski definition) is 0. The van der Waals surface area contributed by atoms with Crippen LogP contribution in [0.15, 0.2) is 62.6 Å². The molecule has 27 heavy (non-hydrogen) atoms. The van der Waals surface area contributed by atoms with Crippen molar-refractivity contribution in [2.24, 2.45) is 0 Å². The van der Waals surface area contributed by atoms with Gasteiger partial charge < -0.3 is 13.6 Å². The van der Waals surface area contributed by atoms with E-state index < -0.39 is 0 Å². The number of aromatic nitrogens is 4. The summed E-state index contributed by atoms with van der Waals surface area (Å²) < 4.78 is 16.6. The Kier molecular flexibility index (Phi) is 4.88. The van der Waals surface area contributed by atoms with Gasteiger partial charge in [0.25, 0.3) is 5.22 Å². The zero-order valence-corrected chi connectivity index (χ0v) is 15.6. The molecule has 7 nitrogen and oxygen atoms in total. The molecule has 0 saturated carbocycles. The van der Waals surface area contributed by atoms with Crippen molar-refractivity contribution < 1.29 is 13.6 Å². The monoisotopic (exact) mass is 380 g/mol. The third-order valence-electron chi connectivity index (χ3n) is 3.77. The van der Waals surface area contributed by atoms with Crippen molar-refractivity contribution in [1.29, 1.82) is 0 Å². The normalized spacial score (nSPS) is 10.9. The minimum atomic E-state index is 0.437. The average molecular weight is 380 g/mol. The molecule has 136 valence electrons. The molecule has 0 spiro atoms. The Morgan fingerprint density at radius 3 is 2.44 bits per heavy atom. The molecule has 2 heterocycles. The first kappa shape index (κ1) is 17.3. The lowest BCUT2D eigenvalue weighted by molar-refractivity contribution is 0.414. The summed E-state index contributed by atoms with van der Waals surface area (Å²) in [5, 5.41) is 16.8. The first-order chi connectivity index (χ1) is 13.2. The fourth-order valence-corrected chi connectivity index (χ4v) is 3.07. The fraction of sp³-hybridized carbons (Fsp3) is 0.158. The third kappa shape index (κ3) is 4.01. The van der Waals surface area contributed by atoms with E-state index in [0.717, 1.165) is 22.4 Å². The Hall–Kier alpha value is -3.13.